The summed E-state index contributed by atoms with van der Waals surface area (Å²) in [4.78, 5) is 27.0. The Labute approximate surface area is 183 Å². The van der Waals surface area contributed by atoms with Crippen LogP contribution in [0.15, 0.2) is 29.3 Å². The number of nitrogens with one attached hydrogen (secondary N) is 2. The summed E-state index contributed by atoms with van der Waals surface area (Å²) in [7, 11) is 0. The van der Waals surface area contributed by atoms with Gasteiger partial charge in [0.15, 0.2) is 5.96 Å². The third-order valence-corrected chi connectivity index (χ3v) is 4.72. The number of rotatable bonds is 6. The van der Waals surface area contributed by atoms with E-state index in [1.54, 1.807) is 0 Å². The maximum absolute atomic E-state index is 12.1. The van der Waals surface area contributed by atoms with Crippen molar-refractivity contribution >= 4 is 46.9 Å². The highest BCUT2D eigenvalue weighted by Crippen LogP contribution is 2.18. The smallest absolute Gasteiger partial charge is 0.310 e. The van der Waals surface area contributed by atoms with Gasteiger partial charge in [-0.25, -0.2) is 4.98 Å². The van der Waals surface area contributed by atoms with E-state index in [2.05, 4.69) is 27.1 Å². The fourth-order valence-electron chi connectivity index (χ4n) is 3.44. The lowest BCUT2D eigenvalue weighted by atomic mass is 9.98. The number of hydrogen-bond acceptors (Lipinski definition) is 4. The molecule has 1 saturated heterocycles. The van der Waals surface area contributed by atoms with Gasteiger partial charge in [-0.3, -0.25) is 9.79 Å². The number of piperidine rings is 1. The number of benzene rings is 1. The van der Waals surface area contributed by atoms with E-state index in [-0.39, 0.29) is 35.9 Å². The van der Waals surface area contributed by atoms with E-state index < -0.39 is 0 Å². The fourth-order valence-corrected chi connectivity index (χ4v) is 3.44. The maximum atomic E-state index is 12.1. The van der Waals surface area contributed by atoms with Gasteiger partial charge in [-0.15, -0.1) is 24.0 Å². The van der Waals surface area contributed by atoms with Crippen molar-refractivity contribution in [2.75, 3.05) is 32.8 Å². The number of carbonyl (C=O) groups is 1. The van der Waals surface area contributed by atoms with Crippen molar-refractivity contribution in [1.29, 1.82) is 0 Å². The van der Waals surface area contributed by atoms with Crippen molar-refractivity contribution in [2.24, 2.45) is 10.9 Å². The second kappa shape index (κ2) is 11.2. The largest absolute Gasteiger partial charge is 0.466 e. The van der Waals surface area contributed by atoms with E-state index in [0.717, 1.165) is 55.2 Å². The monoisotopic (exact) mass is 499 g/mol. The molecule has 1 unspecified atom stereocenters. The van der Waals surface area contributed by atoms with Gasteiger partial charge < -0.3 is 19.9 Å². The summed E-state index contributed by atoms with van der Waals surface area (Å²) in [6.07, 6.45) is 2.60. The van der Waals surface area contributed by atoms with Crippen molar-refractivity contribution in [2.45, 2.75) is 33.1 Å². The van der Waals surface area contributed by atoms with Crippen LogP contribution in [-0.2, 0) is 16.0 Å². The van der Waals surface area contributed by atoms with Crippen LogP contribution in [0, 0.1) is 5.92 Å². The van der Waals surface area contributed by atoms with E-state index in [4.69, 9.17) is 9.73 Å². The first kappa shape index (κ1) is 22.4. The van der Waals surface area contributed by atoms with Crippen LogP contribution in [0.4, 0.5) is 0 Å². The molecule has 1 aromatic carbocycles. The van der Waals surface area contributed by atoms with Gasteiger partial charge in [-0.1, -0.05) is 12.1 Å². The summed E-state index contributed by atoms with van der Waals surface area (Å²) < 4.78 is 5.20. The van der Waals surface area contributed by atoms with Crippen LogP contribution in [-0.4, -0.2) is 59.6 Å². The number of ether oxygens (including phenoxy) is 1. The van der Waals surface area contributed by atoms with Crippen LogP contribution < -0.4 is 5.32 Å². The van der Waals surface area contributed by atoms with Crippen LogP contribution in [0.2, 0.25) is 0 Å². The first-order chi connectivity index (χ1) is 13.2. The molecule has 0 aliphatic carbocycles. The van der Waals surface area contributed by atoms with E-state index in [0.29, 0.717) is 19.7 Å². The minimum Gasteiger partial charge on any atom is -0.466 e. The van der Waals surface area contributed by atoms with Crippen molar-refractivity contribution in [3.8, 4) is 0 Å². The van der Waals surface area contributed by atoms with Gasteiger partial charge in [-0.05, 0) is 38.8 Å². The van der Waals surface area contributed by atoms with Crippen LogP contribution >= 0.6 is 24.0 Å². The van der Waals surface area contributed by atoms with Gasteiger partial charge in [0.05, 0.1) is 23.6 Å². The molecule has 1 aromatic heterocycles. The Bertz CT molecular complexity index is 759. The summed E-state index contributed by atoms with van der Waals surface area (Å²) in [5, 5.41) is 3.35. The van der Waals surface area contributed by atoms with E-state index in [9.17, 15) is 4.79 Å². The van der Waals surface area contributed by atoms with Crippen LogP contribution in [0.3, 0.4) is 0 Å². The number of likely N-dealkylation sites (tertiary alicyclic amines) is 1. The van der Waals surface area contributed by atoms with Crippen molar-refractivity contribution in [1.82, 2.24) is 20.2 Å². The molecular weight excluding hydrogens is 469 g/mol. The highest BCUT2D eigenvalue weighted by atomic mass is 127. The quantitative estimate of drug-likeness (QED) is 0.277. The number of imidazole rings is 1. The minimum absolute atomic E-state index is 0. The number of aromatic nitrogens is 2. The number of halogens is 1. The lowest BCUT2D eigenvalue weighted by molar-refractivity contribution is -0.149. The number of esters is 1. The molecule has 8 heteroatoms. The first-order valence-corrected chi connectivity index (χ1v) is 9.84. The number of aromatic amines is 1. The number of para-hydroxylation sites is 2. The van der Waals surface area contributed by atoms with Gasteiger partial charge in [-0.2, -0.15) is 0 Å². The Morgan fingerprint density at radius 2 is 2.21 bits per heavy atom. The van der Waals surface area contributed by atoms with E-state index >= 15 is 0 Å². The summed E-state index contributed by atoms with van der Waals surface area (Å²) >= 11 is 0. The number of guanidine groups is 1. The summed E-state index contributed by atoms with van der Waals surface area (Å²) in [5.41, 5.74) is 2.04. The second-order valence-electron chi connectivity index (χ2n) is 6.72. The predicted octanol–water partition coefficient (Wildman–Crippen LogP) is 2.96. The van der Waals surface area contributed by atoms with E-state index in [1.165, 1.54) is 0 Å². The molecule has 2 heterocycles. The molecule has 28 heavy (non-hydrogen) atoms. The Hall–Kier alpha value is -1.84. The van der Waals surface area contributed by atoms with Crippen molar-refractivity contribution < 1.29 is 9.53 Å². The van der Waals surface area contributed by atoms with Gasteiger partial charge in [0, 0.05) is 32.6 Å². The number of nitrogens with zero attached hydrogens (tertiary/aromatic N) is 3. The number of hydrogen-bond donors (Lipinski definition) is 2. The van der Waals surface area contributed by atoms with Gasteiger partial charge in [0.1, 0.15) is 5.82 Å². The molecule has 0 bridgehead atoms. The maximum Gasteiger partial charge on any atom is 0.310 e. The minimum atomic E-state index is -0.0969. The molecule has 3 rings (SSSR count). The Kier molecular flexibility index (Phi) is 9.01. The third-order valence-electron chi connectivity index (χ3n) is 4.72. The Balaban J connectivity index is 0.00000280. The molecule has 0 radical (unpaired) electrons. The fraction of sp³-hybridized carbons (Fsp3) is 0.550. The average molecular weight is 499 g/mol. The van der Waals surface area contributed by atoms with Gasteiger partial charge in [0.2, 0.25) is 0 Å². The molecule has 0 saturated carbocycles. The third kappa shape index (κ3) is 5.83. The van der Waals surface area contributed by atoms with Gasteiger partial charge in [0.25, 0.3) is 0 Å². The zero-order valence-electron chi connectivity index (χ0n) is 16.6. The summed E-state index contributed by atoms with van der Waals surface area (Å²) in [6, 6.07) is 8.03. The number of aliphatic imine (C=N–C) groups is 1. The van der Waals surface area contributed by atoms with Crippen LogP contribution in [0.25, 0.3) is 11.0 Å². The molecule has 1 fully saturated rings. The van der Waals surface area contributed by atoms with Crippen LogP contribution in [0.5, 0.6) is 0 Å². The topological polar surface area (TPSA) is 82.6 Å². The predicted molar refractivity (Wildman–Crippen MR) is 122 cm³/mol. The van der Waals surface area contributed by atoms with Crippen molar-refractivity contribution in [3.05, 3.63) is 30.1 Å². The Morgan fingerprint density at radius 3 is 2.96 bits per heavy atom. The zero-order chi connectivity index (χ0) is 19.1. The molecule has 0 spiro atoms. The first-order valence-electron chi connectivity index (χ1n) is 9.84. The summed E-state index contributed by atoms with van der Waals surface area (Å²) in [6.45, 7) is 7.35. The van der Waals surface area contributed by atoms with E-state index in [1.807, 2.05) is 31.2 Å². The van der Waals surface area contributed by atoms with Gasteiger partial charge >= 0.3 is 5.97 Å². The molecule has 154 valence electrons. The highest BCUT2D eigenvalue weighted by Gasteiger charge is 2.28. The molecule has 1 aliphatic rings. The average Bonchev–Trinajstić information content (AvgIpc) is 3.10. The van der Waals surface area contributed by atoms with Crippen LogP contribution in [0.1, 0.15) is 32.5 Å². The normalized spacial score (nSPS) is 17.3. The molecule has 0 amide bonds. The second-order valence-corrected chi connectivity index (χ2v) is 6.72. The Morgan fingerprint density at radius 1 is 1.39 bits per heavy atom. The lowest BCUT2D eigenvalue weighted by Gasteiger charge is -2.34. The molecule has 2 aromatic rings. The SMILES string of the molecule is CCNC(=NCCc1nc2ccccc2[nH]1)N1CCCC(C(=O)OCC)C1.I. The molecule has 1 aliphatic heterocycles. The molecule has 2 N–H and O–H groups in total. The zero-order valence-corrected chi connectivity index (χ0v) is 18.9. The number of carbonyl (C=O) groups excluding carboxylic acids is 1. The standard InChI is InChI=1S/C20H29N5O2.HI/c1-3-21-20(25-13-7-8-15(14-25)19(26)27-4-2)22-12-11-18-23-16-9-5-6-10-17(16)24-18;/h5-6,9-10,15H,3-4,7-8,11-14H2,1-2H3,(H,21,22)(H,23,24);1H. The highest BCUT2D eigenvalue weighted by molar-refractivity contribution is 14.0. The summed E-state index contributed by atoms with van der Waals surface area (Å²) in [5.74, 6) is 1.64. The number of H-pyrrole nitrogens is 1. The number of fused-ring (bicyclic) bond motifs is 1. The molecular formula is C20H30IN5O2. The molecule has 7 nitrogen and oxygen atoms in total. The molecule has 1 atom stereocenters. The lowest BCUT2D eigenvalue weighted by Crippen LogP contribution is -2.48. The van der Waals surface area contributed by atoms with Crippen molar-refractivity contribution in [3.63, 3.8) is 0 Å².